The minimum absolute atomic E-state index is 0.00330. The monoisotopic (exact) mass is 284 g/mol. The number of urea groups is 1. The average molecular weight is 284 g/mol. The first-order valence-corrected chi connectivity index (χ1v) is 7.69. The topological polar surface area (TPSA) is 78.4 Å². The van der Waals surface area contributed by atoms with Crippen LogP contribution in [0.5, 0.6) is 0 Å². The van der Waals surface area contributed by atoms with E-state index in [1.165, 1.54) is 32.1 Å². The predicted molar refractivity (Wildman–Crippen MR) is 78.5 cm³/mol. The number of carbonyl (C=O) groups is 2. The third-order valence-electron chi connectivity index (χ3n) is 4.32. The molecule has 20 heavy (non-hydrogen) atoms. The summed E-state index contributed by atoms with van der Waals surface area (Å²) in [5.41, 5.74) is 0. The van der Waals surface area contributed by atoms with Crippen molar-refractivity contribution in [3.05, 3.63) is 0 Å². The summed E-state index contributed by atoms with van der Waals surface area (Å²) in [7, 11) is 0. The van der Waals surface area contributed by atoms with Crippen LogP contribution in [0.15, 0.2) is 0 Å². The van der Waals surface area contributed by atoms with E-state index in [1.807, 2.05) is 20.8 Å². The van der Waals surface area contributed by atoms with Gasteiger partial charge in [0.25, 0.3) is 0 Å². The lowest BCUT2D eigenvalue weighted by molar-refractivity contribution is -0.142. The molecular weight excluding hydrogens is 256 g/mol. The molecule has 2 amide bonds. The molecule has 0 radical (unpaired) electrons. The zero-order chi connectivity index (χ0) is 15.1. The van der Waals surface area contributed by atoms with Gasteiger partial charge in [-0.3, -0.25) is 4.79 Å². The molecule has 0 heterocycles. The Kier molecular flexibility index (Phi) is 6.82. The Morgan fingerprint density at radius 3 is 2.25 bits per heavy atom. The minimum atomic E-state index is -0.861. The molecule has 0 aromatic heterocycles. The smallest absolute Gasteiger partial charge is 0.315 e. The summed E-state index contributed by atoms with van der Waals surface area (Å²) in [6, 6.07) is -0.104. The van der Waals surface area contributed by atoms with Gasteiger partial charge in [-0.25, -0.2) is 4.79 Å². The van der Waals surface area contributed by atoms with Gasteiger partial charge in [0.1, 0.15) is 0 Å². The first-order valence-electron chi connectivity index (χ1n) is 7.69. The summed E-state index contributed by atoms with van der Waals surface area (Å²) >= 11 is 0. The number of hydrogen-bond donors (Lipinski definition) is 3. The van der Waals surface area contributed by atoms with Gasteiger partial charge in [-0.15, -0.1) is 0 Å². The van der Waals surface area contributed by atoms with Gasteiger partial charge in [-0.1, -0.05) is 33.1 Å². The summed E-state index contributed by atoms with van der Waals surface area (Å²) in [6.07, 6.45) is 6.12. The molecule has 5 nitrogen and oxygen atoms in total. The lowest BCUT2D eigenvalue weighted by Crippen LogP contribution is -2.46. The molecular formula is C15H28N2O3. The highest BCUT2D eigenvalue weighted by Crippen LogP contribution is 2.26. The van der Waals surface area contributed by atoms with Crippen LogP contribution in [0.1, 0.15) is 52.9 Å². The van der Waals surface area contributed by atoms with Crippen molar-refractivity contribution in [2.24, 2.45) is 17.8 Å². The van der Waals surface area contributed by atoms with Crippen molar-refractivity contribution in [1.82, 2.24) is 10.6 Å². The fourth-order valence-electron chi connectivity index (χ4n) is 2.82. The van der Waals surface area contributed by atoms with Crippen molar-refractivity contribution in [3.63, 3.8) is 0 Å². The number of amides is 2. The Morgan fingerprint density at radius 2 is 1.75 bits per heavy atom. The van der Waals surface area contributed by atoms with E-state index in [1.54, 1.807) is 0 Å². The fourth-order valence-corrected chi connectivity index (χ4v) is 2.82. The maximum Gasteiger partial charge on any atom is 0.315 e. The van der Waals surface area contributed by atoms with E-state index in [0.717, 1.165) is 0 Å². The number of hydrogen-bond acceptors (Lipinski definition) is 2. The molecule has 2 atom stereocenters. The van der Waals surface area contributed by atoms with Crippen LogP contribution < -0.4 is 10.6 Å². The van der Waals surface area contributed by atoms with Crippen LogP contribution in [-0.4, -0.2) is 29.7 Å². The van der Waals surface area contributed by atoms with Gasteiger partial charge < -0.3 is 15.7 Å². The van der Waals surface area contributed by atoms with Crippen LogP contribution in [0.4, 0.5) is 4.79 Å². The molecule has 0 aromatic rings. The molecule has 0 saturated heterocycles. The van der Waals surface area contributed by atoms with Crippen LogP contribution in [0.25, 0.3) is 0 Å². The quantitative estimate of drug-likeness (QED) is 0.701. The summed E-state index contributed by atoms with van der Waals surface area (Å²) in [6.45, 7) is 5.91. The van der Waals surface area contributed by atoms with Crippen molar-refractivity contribution in [1.29, 1.82) is 0 Å². The van der Waals surface area contributed by atoms with Gasteiger partial charge in [0.05, 0.1) is 5.92 Å². The van der Waals surface area contributed by atoms with Crippen molar-refractivity contribution >= 4 is 12.0 Å². The zero-order valence-corrected chi connectivity index (χ0v) is 12.8. The van der Waals surface area contributed by atoms with Crippen LogP contribution in [0.3, 0.4) is 0 Å². The maximum atomic E-state index is 11.8. The molecule has 0 aromatic carbocycles. The molecule has 1 fully saturated rings. The predicted octanol–water partition coefficient (Wildman–Crippen LogP) is 2.61. The number of rotatable bonds is 6. The van der Waals surface area contributed by atoms with Gasteiger partial charge >= 0.3 is 12.0 Å². The van der Waals surface area contributed by atoms with E-state index in [9.17, 15) is 9.59 Å². The number of carbonyl (C=O) groups excluding carboxylic acids is 1. The summed E-state index contributed by atoms with van der Waals surface area (Å²) < 4.78 is 0. The normalized spacial score (nSPS) is 19.4. The molecule has 1 saturated carbocycles. The van der Waals surface area contributed by atoms with Crippen molar-refractivity contribution in [2.45, 2.75) is 58.9 Å². The van der Waals surface area contributed by atoms with Gasteiger partial charge in [-0.05, 0) is 31.6 Å². The van der Waals surface area contributed by atoms with Gasteiger partial charge in [0.15, 0.2) is 0 Å². The molecule has 116 valence electrons. The second-order valence-corrected chi connectivity index (χ2v) is 6.23. The summed E-state index contributed by atoms with van der Waals surface area (Å²) in [5.74, 6) is -0.843. The second kappa shape index (κ2) is 8.12. The van der Waals surface area contributed by atoms with E-state index in [2.05, 4.69) is 10.6 Å². The van der Waals surface area contributed by atoms with Crippen molar-refractivity contribution in [3.8, 4) is 0 Å². The molecule has 5 heteroatoms. The minimum Gasteiger partial charge on any atom is -0.481 e. The Labute approximate surface area is 121 Å². The van der Waals surface area contributed by atoms with Crippen LogP contribution in [0, 0.1) is 17.8 Å². The number of aliphatic carboxylic acids is 1. The molecule has 1 aliphatic rings. The molecule has 3 N–H and O–H groups in total. The molecule has 0 aliphatic heterocycles. The Morgan fingerprint density at radius 1 is 1.15 bits per heavy atom. The van der Waals surface area contributed by atoms with E-state index in [4.69, 9.17) is 5.11 Å². The standard InChI is InChI=1S/C15H28N2O3/c1-10(2)13(14(18)19)9-16-15(20)17-11(3)12-7-5-4-6-8-12/h10-13H,4-9H2,1-3H3,(H,18,19)(H2,16,17,20). The first kappa shape index (κ1) is 16.8. The average Bonchev–Trinajstić information content (AvgIpc) is 2.39. The van der Waals surface area contributed by atoms with Gasteiger partial charge in [0.2, 0.25) is 0 Å². The largest absolute Gasteiger partial charge is 0.481 e. The molecule has 2 unspecified atom stereocenters. The Hall–Kier alpha value is -1.26. The van der Waals surface area contributed by atoms with Crippen molar-refractivity contribution < 1.29 is 14.7 Å². The first-order chi connectivity index (χ1) is 9.41. The van der Waals surface area contributed by atoms with E-state index in [-0.39, 0.29) is 24.5 Å². The van der Waals surface area contributed by atoms with Crippen LogP contribution in [-0.2, 0) is 4.79 Å². The van der Waals surface area contributed by atoms with E-state index in [0.29, 0.717) is 5.92 Å². The molecule has 0 bridgehead atoms. The SMILES string of the molecule is CC(C)C(CNC(=O)NC(C)C1CCCCC1)C(=O)O. The Bertz CT molecular complexity index is 325. The van der Waals surface area contributed by atoms with Crippen molar-refractivity contribution in [2.75, 3.05) is 6.54 Å². The second-order valence-electron chi connectivity index (χ2n) is 6.23. The third-order valence-corrected chi connectivity index (χ3v) is 4.32. The maximum absolute atomic E-state index is 11.8. The molecule has 1 aliphatic carbocycles. The molecule has 1 rings (SSSR count). The highest BCUT2D eigenvalue weighted by Gasteiger charge is 2.24. The van der Waals surface area contributed by atoms with E-state index < -0.39 is 11.9 Å². The zero-order valence-electron chi connectivity index (χ0n) is 12.8. The van der Waals surface area contributed by atoms with E-state index >= 15 is 0 Å². The van der Waals surface area contributed by atoms with Gasteiger partial charge in [0, 0.05) is 12.6 Å². The summed E-state index contributed by atoms with van der Waals surface area (Å²) in [4.78, 5) is 22.9. The lowest BCUT2D eigenvalue weighted by Gasteiger charge is -2.28. The number of carboxylic acids is 1. The third kappa shape index (κ3) is 5.39. The molecule has 0 spiro atoms. The van der Waals surface area contributed by atoms with Gasteiger partial charge in [-0.2, -0.15) is 0 Å². The summed E-state index contributed by atoms with van der Waals surface area (Å²) in [5, 5.41) is 14.7. The lowest BCUT2D eigenvalue weighted by atomic mass is 9.85. The fraction of sp³-hybridized carbons (Fsp3) is 0.867. The van der Waals surface area contributed by atoms with Crippen LogP contribution in [0.2, 0.25) is 0 Å². The highest BCUT2D eigenvalue weighted by molar-refractivity contribution is 5.76. The highest BCUT2D eigenvalue weighted by atomic mass is 16.4. The Balaban J connectivity index is 2.33. The number of carboxylic acid groups (broad SMARTS) is 1. The number of nitrogens with one attached hydrogen (secondary N) is 2. The van der Waals surface area contributed by atoms with Crippen LogP contribution >= 0.6 is 0 Å².